The van der Waals surface area contributed by atoms with E-state index in [0.717, 1.165) is 38.7 Å². The van der Waals surface area contributed by atoms with Gasteiger partial charge in [0.1, 0.15) is 4.83 Å². The van der Waals surface area contributed by atoms with E-state index in [-0.39, 0.29) is 0 Å². The Morgan fingerprint density at radius 3 is 2.81 bits per heavy atom. The zero-order chi connectivity index (χ0) is 17.5. The van der Waals surface area contributed by atoms with Crippen LogP contribution in [-0.4, -0.2) is 25.3 Å². The van der Waals surface area contributed by atoms with E-state index >= 15 is 0 Å². The van der Waals surface area contributed by atoms with Gasteiger partial charge in [-0.05, 0) is 36.1 Å². The van der Waals surface area contributed by atoms with Crippen molar-refractivity contribution in [3.8, 4) is 0 Å². The molecule has 0 saturated heterocycles. The van der Waals surface area contributed by atoms with Crippen LogP contribution < -0.4 is 0 Å². The highest BCUT2D eigenvalue weighted by molar-refractivity contribution is 7.99. The van der Waals surface area contributed by atoms with Crippen molar-refractivity contribution >= 4 is 50.7 Å². The Hall–Kier alpha value is -1.57. The van der Waals surface area contributed by atoms with Gasteiger partial charge in [0.2, 0.25) is 0 Å². The molecule has 0 aliphatic heterocycles. The van der Waals surface area contributed by atoms with Gasteiger partial charge in [0.05, 0.1) is 5.39 Å². The number of hydrogen-bond donors (Lipinski definition) is 0. The highest BCUT2D eigenvalue weighted by Crippen LogP contribution is 2.40. The topological polar surface area (TPSA) is 43.1 Å². The lowest BCUT2D eigenvalue weighted by molar-refractivity contribution is 0.817. The van der Waals surface area contributed by atoms with Crippen molar-refractivity contribution in [3.05, 3.63) is 46.3 Å². The van der Waals surface area contributed by atoms with Crippen LogP contribution in [0.15, 0.2) is 40.6 Å². The van der Waals surface area contributed by atoms with Gasteiger partial charge in [0.25, 0.3) is 0 Å². The summed E-state index contributed by atoms with van der Waals surface area (Å²) in [5.74, 6) is 1.87. The number of benzene rings is 1. The van der Waals surface area contributed by atoms with Gasteiger partial charge in [-0.1, -0.05) is 60.8 Å². The van der Waals surface area contributed by atoms with E-state index in [4.69, 9.17) is 4.98 Å². The Balaban J connectivity index is 1.66. The largest absolute Gasteiger partial charge is 0.247 e. The minimum absolute atomic E-state index is 0.897. The number of thioether (sulfide) groups is 2. The summed E-state index contributed by atoms with van der Waals surface area (Å²) in [6.45, 7) is 2.15. The molecule has 0 fully saturated rings. The maximum absolute atomic E-state index is 5.05. The fourth-order valence-corrected chi connectivity index (χ4v) is 6.46. The molecule has 0 atom stereocenters. The van der Waals surface area contributed by atoms with Crippen LogP contribution in [0.4, 0.5) is 0 Å². The summed E-state index contributed by atoms with van der Waals surface area (Å²) in [5, 5.41) is 12.2. The summed E-state index contributed by atoms with van der Waals surface area (Å²) >= 11 is 5.35. The second-order valence-electron chi connectivity index (χ2n) is 6.28. The molecule has 0 radical (unpaired) electrons. The van der Waals surface area contributed by atoms with Crippen LogP contribution in [0.3, 0.4) is 0 Å². The summed E-state index contributed by atoms with van der Waals surface area (Å²) in [5.41, 5.74) is 3.75. The van der Waals surface area contributed by atoms with Crippen molar-refractivity contribution in [2.45, 2.75) is 42.3 Å². The van der Waals surface area contributed by atoms with Crippen molar-refractivity contribution in [1.29, 1.82) is 0 Å². The first-order valence-electron chi connectivity index (χ1n) is 8.84. The summed E-state index contributed by atoms with van der Waals surface area (Å²) in [6.07, 6.45) is 3.57. The monoisotopic (exact) mass is 398 g/mol. The van der Waals surface area contributed by atoms with Gasteiger partial charge in [0.15, 0.2) is 16.0 Å². The maximum Gasteiger partial charge on any atom is 0.197 e. The van der Waals surface area contributed by atoms with Gasteiger partial charge in [-0.15, -0.1) is 21.5 Å². The molecule has 5 rings (SSSR count). The normalized spacial score (nSPS) is 13.7. The van der Waals surface area contributed by atoms with E-state index in [1.165, 1.54) is 34.2 Å². The Morgan fingerprint density at radius 1 is 1.08 bits per heavy atom. The quantitative estimate of drug-likeness (QED) is 0.340. The highest BCUT2D eigenvalue weighted by atomic mass is 32.2. The molecule has 4 aromatic rings. The van der Waals surface area contributed by atoms with E-state index in [9.17, 15) is 0 Å². The van der Waals surface area contributed by atoms with Crippen LogP contribution in [0, 0.1) is 0 Å². The van der Waals surface area contributed by atoms with E-state index in [0.29, 0.717) is 0 Å². The van der Waals surface area contributed by atoms with Crippen molar-refractivity contribution in [3.63, 3.8) is 0 Å². The minimum Gasteiger partial charge on any atom is -0.247 e. The molecule has 0 N–H and O–H groups in total. The van der Waals surface area contributed by atoms with E-state index < -0.39 is 0 Å². The lowest BCUT2D eigenvalue weighted by atomic mass is 10.2. The third-order valence-electron chi connectivity index (χ3n) is 4.63. The fourth-order valence-electron chi connectivity index (χ4n) is 3.48. The number of fused-ring (bicyclic) bond motifs is 5. The maximum atomic E-state index is 5.05. The molecule has 1 aromatic carbocycles. The van der Waals surface area contributed by atoms with Gasteiger partial charge >= 0.3 is 0 Å². The number of nitrogens with zero attached hydrogens (tertiary/aromatic N) is 4. The molecule has 7 heteroatoms. The van der Waals surface area contributed by atoms with Crippen molar-refractivity contribution in [1.82, 2.24) is 19.6 Å². The Bertz CT molecular complexity index is 1080. The van der Waals surface area contributed by atoms with Crippen molar-refractivity contribution in [2.24, 2.45) is 0 Å². The van der Waals surface area contributed by atoms with E-state index in [1.54, 1.807) is 23.5 Å². The summed E-state index contributed by atoms with van der Waals surface area (Å²) in [6, 6.07) is 10.6. The first-order valence-corrected chi connectivity index (χ1v) is 11.6. The molecule has 132 valence electrons. The third kappa shape index (κ3) is 2.73. The molecule has 0 saturated carbocycles. The molecule has 0 amide bonds. The number of hydrogen-bond acceptors (Lipinski definition) is 6. The zero-order valence-corrected chi connectivity index (χ0v) is 16.9. The van der Waals surface area contributed by atoms with Crippen LogP contribution in [0.25, 0.3) is 15.9 Å². The molecule has 1 aliphatic rings. The lowest BCUT2D eigenvalue weighted by Crippen LogP contribution is -1.98. The zero-order valence-electron chi connectivity index (χ0n) is 14.4. The van der Waals surface area contributed by atoms with Gasteiger partial charge < -0.3 is 0 Å². The summed E-state index contributed by atoms with van der Waals surface area (Å²) in [7, 11) is 0. The second-order valence-corrected chi connectivity index (χ2v) is 9.54. The lowest BCUT2D eigenvalue weighted by Gasteiger charge is -2.08. The number of thiophene rings is 1. The van der Waals surface area contributed by atoms with Crippen LogP contribution in [-0.2, 0) is 18.6 Å². The van der Waals surface area contributed by atoms with E-state index in [1.807, 2.05) is 11.3 Å². The van der Waals surface area contributed by atoms with Crippen molar-refractivity contribution < 1.29 is 0 Å². The Morgan fingerprint density at radius 2 is 1.96 bits per heavy atom. The third-order valence-corrected chi connectivity index (χ3v) is 7.64. The number of rotatable bonds is 5. The SMILES string of the molecule is CCSc1nnc2c3c4c(sc3nc(SCc3ccccc3)n12)CCC4. The summed E-state index contributed by atoms with van der Waals surface area (Å²) in [4.78, 5) is 7.66. The molecule has 0 spiro atoms. The first-order chi connectivity index (χ1) is 12.8. The molecular weight excluding hydrogens is 380 g/mol. The van der Waals surface area contributed by atoms with Crippen LogP contribution in [0.1, 0.15) is 29.3 Å². The first kappa shape index (κ1) is 16.6. The van der Waals surface area contributed by atoms with Gasteiger partial charge in [-0.2, -0.15) is 0 Å². The molecule has 3 aromatic heterocycles. The Labute approximate surface area is 164 Å². The average Bonchev–Trinajstić information content (AvgIpc) is 3.35. The van der Waals surface area contributed by atoms with Crippen LogP contribution >= 0.6 is 34.9 Å². The number of aryl methyl sites for hydroxylation is 2. The Kier molecular flexibility index (Phi) is 4.38. The van der Waals surface area contributed by atoms with Gasteiger partial charge in [-0.25, -0.2) is 9.38 Å². The number of aromatic nitrogens is 4. The molecule has 1 aliphatic carbocycles. The molecule has 0 unspecified atom stereocenters. The molecule has 0 bridgehead atoms. The predicted molar refractivity (Wildman–Crippen MR) is 111 cm³/mol. The van der Waals surface area contributed by atoms with Crippen LogP contribution in [0.5, 0.6) is 0 Å². The smallest absolute Gasteiger partial charge is 0.197 e. The molecule has 3 heterocycles. The predicted octanol–water partition coefficient (Wildman–Crippen LogP) is 5.23. The average molecular weight is 399 g/mol. The van der Waals surface area contributed by atoms with Crippen LogP contribution in [0.2, 0.25) is 0 Å². The summed E-state index contributed by atoms with van der Waals surface area (Å²) < 4.78 is 2.18. The standard InChI is InChI=1S/C19H18N4S3/c1-2-24-19-22-21-16-15-13-9-6-10-14(13)26-17(15)20-18(23(16)19)25-11-12-7-4-3-5-8-12/h3-5,7-8H,2,6,9-11H2,1H3. The molecule has 26 heavy (non-hydrogen) atoms. The molecular formula is C19H18N4S3. The highest BCUT2D eigenvalue weighted by Gasteiger charge is 2.24. The molecule has 4 nitrogen and oxygen atoms in total. The van der Waals surface area contributed by atoms with Gasteiger partial charge in [-0.3, -0.25) is 0 Å². The second kappa shape index (κ2) is 6.87. The fraction of sp³-hybridized carbons (Fsp3) is 0.316. The van der Waals surface area contributed by atoms with E-state index in [2.05, 4.69) is 51.9 Å². The minimum atomic E-state index is 0.897. The van der Waals surface area contributed by atoms with Gasteiger partial charge in [0, 0.05) is 10.6 Å². The van der Waals surface area contributed by atoms with Crippen molar-refractivity contribution in [2.75, 3.05) is 5.75 Å².